The van der Waals surface area contributed by atoms with Crippen LogP contribution < -0.4 is 9.44 Å². The Morgan fingerprint density at radius 2 is 2.00 bits per heavy atom. The first-order chi connectivity index (χ1) is 5.39. The second-order valence-electron chi connectivity index (χ2n) is 2.88. The molecule has 0 aromatic heterocycles. The van der Waals surface area contributed by atoms with Gasteiger partial charge in [0.1, 0.15) is 0 Å². The first kappa shape index (κ1) is 11.8. The second kappa shape index (κ2) is 4.18. The highest BCUT2D eigenvalue weighted by molar-refractivity contribution is 7.87. The van der Waals surface area contributed by atoms with E-state index in [2.05, 4.69) is 9.44 Å². The predicted octanol–water partition coefficient (Wildman–Crippen LogP) is -0.799. The van der Waals surface area contributed by atoms with Gasteiger partial charge in [0.25, 0.3) is 10.2 Å². The Balaban J connectivity index is 4.42. The highest BCUT2D eigenvalue weighted by atomic mass is 32.2. The van der Waals surface area contributed by atoms with E-state index in [9.17, 15) is 8.42 Å². The Bertz CT molecular complexity index is 221. The molecule has 12 heavy (non-hydrogen) atoms. The van der Waals surface area contributed by atoms with E-state index in [1.807, 2.05) is 0 Å². The molecule has 5 nitrogen and oxygen atoms in total. The Morgan fingerprint density at radius 1 is 1.50 bits per heavy atom. The van der Waals surface area contributed by atoms with E-state index in [4.69, 9.17) is 5.11 Å². The molecule has 6 heteroatoms. The number of rotatable bonds is 5. The summed E-state index contributed by atoms with van der Waals surface area (Å²) in [7, 11) is -2.15. The molecule has 74 valence electrons. The fourth-order valence-corrected chi connectivity index (χ4v) is 1.55. The molecule has 0 rings (SSSR count). The predicted molar refractivity (Wildman–Crippen MR) is 46.9 cm³/mol. The van der Waals surface area contributed by atoms with Crippen LogP contribution in [0.4, 0.5) is 0 Å². The largest absolute Gasteiger partial charge is 0.394 e. The van der Waals surface area contributed by atoms with Crippen LogP contribution in [0.3, 0.4) is 0 Å². The summed E-state index contributed by atoms with van der Waals surface area (Å²) in [6.45, 7) is 3.22. The van der Waals surface area contributed by atoms with E-state index < -0.39 is 15.7 Å². The molecule has 0 saturated carbocycles. The lowest BCUT2D eigenvalue weighted by atomic mass is 10.0. The molecule has 1 atom stereocenters. The van der Waals surface area contributed by atoms with Gasteiger partial charge in [-0.25, -0.2) is 4.72 Å². The summed E-state index contributed by atoms with van der Waals surface area (Å²) < 4.78 is 26.4. The van der Waals surface area contributed by atoms with Gasteiger partial charge in [0.05, 0.1) is 12.1 Å². The summed E-state index contributed by atoms with van der Waals surface area (Å²) in [4.78, 5) is 0. The standard InChI is InChI=1S/C6H16N2O3S/c1-4-6(2,5-9)8-12(10,11)7-3/h7-9H,4-5H2,1-3H3. The number of aliphatic hydroxyl groups is 1. The molecule has 0 amide bonds. The smallest absolute Gasteiger partial charge is 0.277 e. The van der Waals surface area contributed by atoms with Crippen molar-refractivity contribution in [3.63, 3.8) is 0 Å². The normalized spacial score (nSPS) is 17.3. The summed E-state index contributed by atoms with van der Waals surface area (Å²) in [6.07, 6.45) is 0.532. The molecule has 0 heterocycles. The third-order valence-electron chi connectivity index (χ3n) is 1.78. The summed E-state index contributed by atoms with van der Waals surface area (Å²) in [6, 6.07) is 0. The maximum absolute atomic E-state index is 11.0. The molecule has 0 aliphatic heterocycles. The molecular formula is C6H16N2O3S. The van der Waals surface area contributed by atoms with Gasteiger partial charge < -0.3 is 5.11 Å². The zero-order valence-corrected chi connectivity index (χ0v) is 8.40. The van der Waals surface area contributed by atoms with Crippen LogP contribution in [-0.4, -0.2) is 32.7 Å². The van der Waals surface area contributed by atoms with Gasteiger partial charge >= 0.3 is 0 Å². The Hall–Kier alpha value is -0.170. The van der Waals surface area contributed by atoms with Crippen molar-refractivity contribution in [1.82, 2.24) is 9.44 Å². The average molecular weight is 196 g/mol. The highest BCUT2D eigenvalue weighted by Crippen LogP contribution is 2.08. The Labute approximate surface area is 73.4 Å². The summed E-state index contributed by atoms with van der Waals surface area (Å²) in [5, 5.41) is 8.89. The molecule has 1 unspecified atom stereocenters. The molecule has 0 fully saturated rings. The number of hydrogen-bond donors (Lipinski definition) is 3. The van der Waals surface area contributed by atoms with Crippen LogP contribution in [-0.2, 0) is 10.2 Å². The van der Waals surface area contributed by atoms with Crippen molar-refractivity contribution in [2.75, 3.05) is 13.7 Å². The second-order valence-corrected chi connectivity index (χ2v) is 4.50. The minimum absolute atomic E-state index is 0.218. The monoisotopic (exact) mass is 196 g/mol. The van der Waals surface area contributed by atoms with Crippen molar-refractivity contribution in [2.45, 2.75) is 25.8 Å². The van der Waals surface area contributed by atoms with Gasteiger partial charge in [0, 0.05) is 7.05 Å². The van der Waals surface area contributed by atoms with Crippen molar-refractivity contribution < 1.29 is 13.5 Å². The van der Waals surface area contributed by atoms with Crippen LogP contribution in [0.15, 0.2) is 0 Å². The van der Waals surface area contributed by atoms with Gasteiger partial charge in [-0.05, 0) is 13.3 Å². The maximum Gasteiger partial charge on any atom is 0.277 e. The van der Waals surface area contributed by atoms with Gasteiger partial charge in [0.2, 0.25) is 0 Å². The van der Waals surface area contributed by atoms with Crippen LogP contribution in [0, 0.1) is 0 Å². The van der Waals surface area contributed by atoms with Gasteiger partial charge in [-0.3, -0.25) is 0 Å². The van der Waals surface area contributed by atoms with Gasteiger partial charge in [-0.15, -0.1) is 0 Å². The van der Waals surface area contributed by atoms with E-state index in [-0.39, 0.29) is 6.61 Å². The molecule has 0 radical (unpaired) electrons. The topological polar surface area (TPSA) is 78.4 Å². The van der Waals surface area contributed by atoms with Gasteiger partial charge in [-0.2, -0.15) is 13.1 Å². The number of aliphatic hydroxyl groups excluding tert-OH is 1. The lowest BCUT2D eigenvalue weighted by molar-refractivity contribution is 0.190. The summed E-state index contributed by atoms with van der Waals surface area (Å²) >= 11 is 0. The first-order valence-electron chi connectivity index (χ1n) is 3.72. The lowest BCUT2D eigenvalue weighted by Crippen LogP contribution is -2.51. The van der Waals surface area contributed by atoms with Crippen LogP contribution in [0.2, 0.25) is 0 Å². The molecule has 0 spiro atoms. The molecule has 0 aromatic carbocycles. The quantitative estimate of drug-likeness (QED) is 0.538. The summed E-state index contributed by atoms with van der Waals surface area (Å²) in [5.41, 5.74) is -0.776. The van der Waals surface area contributed by atoms with Crippen molar-refractivity contribution in [3.8, 4) is 0 Å². The van der Waals surface area contributed by atoms with Crippen LogP contribution in [0.1, 0.15) is 20.3 Å². The van der Waals surface area contributed by atoms with Crippen molar-refractivity contribution in [3.05, 3.63) is 0 Å². The maximum atomic E-state index is 11.0. The van der Waals surface area contributed by atoms with Crippen molar-refractivity contribution in [2.24, 2.45) is 0 Å². The molecule has 3 N–H and O–H groups in total. The van der Waals surface area contributed by atoms with Crippen molar-refractivity contribution >= 4 is 10.2 Å². The Kier molecular flexibility index (Phi) is 4.12. The van der Waals surface area contributed by atoms with E-state index in [1.54, 1.807) is 13.8 Å². The summed E-state index contributed by atoms with van der Waals surface area (Å²) in [5.74, 6) is 0. The Morgan fingerprint density at radius 3 is 2.25 bits per heavy atom. The van der Waals surface area contributed by atoms with E-state index >= 15 is 0 Å². The van der Waals surface area contributed by atoms with E-state index in [1.165, 1.54) is 7.05 Å². The van der Waals surface area contributed by atoms with Crippen molar-refractivity contribution in [1.29, 1.82) is 0 Å². The molecule has 0 saturated heterocycles. The van der Waals surface area contributed by atoms with Crippen LogP contribution in [0.5, 0.6) is 0 Å². The molecule has 0 aromatic rings. The number of nitrogens with one attached hydrogen (secondary N) is 2. The van der Waals surface area contributed by atoms with Crippen LogP contribution >= 0.6 is 0 Å². The molecular weight excluding hydrogens is 180 g/mol. The SMILES string of the molecule is CCC(C)(CO)NS(=O)(=O)NC. The van der Waals surface area contributed by atoms with Gasteiger partial charge in [-0.1, -0.05) is 6.92 Å². The zero-order chi connectivity index (χ0) is 9.83. The average Bonchev–Trinajstić information content (AvgIpc) is 2.04. The fraction of sp³-hybridized carbons (Fsp3) is 1.00. The highest BCUT2D eigenvalue weighted by Gasteiger charge is 2.25. The molecule has 0 bridgehead atoms. The third-order valence-corrected chi connectivity index (χ3v) is 3.08. The lowest BCUT2D eigenvalue weighted by Gasteiger charge is -2.26. The molecule has 0 aliphatic rings. The zero-order valence-electron chi connectivity index (χ0n) is 7.59. The molecule has 0 aliphatic carbocycles. The van der Waals surface area contributed by atoms with Crippen LogP contribution in [0.25, 0.3) is 0 Å². The number of hydrogen-bond acceptors (Lipinski definition) is 3. The minimum atomic E-state index is -3.46. The third kappa shape index (κ3) is 3.48. The van der Waals surface area contributed by atoms with E-state index in [0.717, 1.165) is 0 Å². The van der Waals surface area contributed by atoms with E-state index in [0.29, 0.717) is 6.42 Å². The first-order valence-corrected chi connectivity index (χ1v) is 5.21. The minimum Gasteiger partial charge on any atom is -0.394 e. The van der Waals surface area contributed by atoms with Gasteiger partial charge in [0.15, 0.2) is 0 Å². The fourth-order valence-electron chi connectivity index (χ4n) is 0.592.